The quantitative estimate of drug-likeness (QED) is 0.423. The first-order chi connectivity index (χ1) is 16.3. The number of nitrogens with zero attached hydrogens (tertiary/aromatic N) is 3. The number of primary amides is 1. The Balaban J connectivity index is 1.48. The van der Waals surface area contributed by atoms with Gasteiger partial charge in [0.25, 0.3) is 5.91 Å². The van der Waals surface area contributed by atoms with Gasteiger partial charge in [-0.25, -0.2) is 4.39 Å². The van der Waals surface area contributed by atoms with E-state index < -0.39 is 17.6 Å². The fourth-order valence-corrected chi connectivity index (χ4v) is 3.96. The van der Waals surface area contributed by atoms with Crippen molar-refractivity contribution in [2.24, 2.45) is 11.5 Å². The molecule has 2 aromatic carbocycles. The average Bonchev–Trinajstić information content (AvgIpc) is 3.59. The van der Waals surface area contributed by atoms with Gasteiger partial charge in [0.2, 0.25) is 11.8 Å². The minimum atomic E-state index is -0.705. The molecule has 3 aromatic rings. The van der Waals surface area contributed by atoms with Crippen LogP contribution in [0.25, 0.3) is 10.9 Å². The summed E-state index contributed by atoms with van der Waals surface area (Å²) in [5.41, 5.74) is 12.9. The Morgan fingerprint density at radius 2 is 2.00 bits per heavy atom. The monoisotopic (exact) mass is 486 g/mol. The molecule has 5 N–H and O–H groups in total. The molecule has 0 saturated heterocycles. The standard InChI is InChI=1S/C23H24ClFN6O3/c24-17-3-1-2-14(21(17)25)10-28-19(32)11-30(15-5-6-15)20(33)12-31-18-8-13(9-26)4-7-16(18)22(29-31)23(27)34/h1-4,7-8,15H,5-6,9-12,26H2,(H2,27,34)(H,28,32). The summed E-state index contributed by atoms with van der Waals surface area (Å²) in [4.78, 5) is 39.0. The van der Waals surface area contributed by atoms with E-state index in [0.717, 1.165) is 18.4 Å². The Morgan fingerprint density at radius 3 is 2.68 bits per heavy atom. The van der Waals surface area contributed by atoms with Crippen LogP contribution in [0.15, 0.2) is 36.4 Å². The third kappa shape index (κ3) is 5.02. The number of benzene rings is 2. The number of fused-ring (bicyclic) bond motifs is 1. The highest BCUT2D eigenvalue weighted by Crippen LogP contribution is 2.28. The molecule has 1 aliphatic carbocycles. The van der Waals surface area contributed by atoms with Gasteiger partial charge >= 0.3 is 0 Å². The first-order valence-electron chi connectivity index (χ1n) is 10.8. The first-order valence-corrected chi connectivity index (χ1v) is 11.1. The van der Waals surface area contributed by atoms with E-state index in [1.807, 2.05) is 0 Å². The number of carbonyl (C=O) groups is 3. The van der Waals surface area contributed by atoms with E-state index in [1.54, 1.807) is 24.3 Å². The summed E-state index contributed by atoms with van der Waals surface area (Å²) in [6.45, 7) is -0.125. The van der Waals surface area contributed by atoms with Crippen LogP contribution in [0, 0.1) is 5.82 Å². The molecular formula is C23H24ClFN6O3. The number of rotatable bonds is 9. The smallest absolute Gasteiger partial charge is 0.269 e. The van der Waals surface area contributed by atoms with Crippen molar-refractivity contribution in [3.63, 3.8) is 0 Å². The fraction of sp³-hybridized carbons (Fsp3) is 0.304. The van der Waals surface area contributed by atoms with Crippen LogP contribution in [0.3, 0.4) is 0 Å². The number of nitrogens with two attached hydrogens (primary N) is 2. The van der Waals surface area contributed by atoms with Crippen molar-refractivity contribution < 1.29 is 18.8 Å². The van der Waals surface area contributed by atoms with Crippen molar-refractivity contribution in [2.45, 2.75) is 38.5 Å². The normalized spacial score (nSPS) is 13.1. The van der Waals surface area contributed by atoms with Gasteiger partial charge in [-0.15, -0.1) is 0 Å². The number of halogens is 2. The molecule has 0 spiro atoms. The van der Waals surface area contributed by atoms with Gasteiger partial charge in [0.1, 0.15) is 12.4 Å². The summed E-state index contributed by atoms with van der Waals surface area (Å²) in [6, 6.07) is 9.72. The Hall–Kier alpha value is -3.50. The van der Waals surface area contributed by atoms with Gasteiger partial charge in [0.05, 0.1) is 17.1 Å². The van der Waals surface area contributed by atoms with Crippen molar-refractivity contribution >= 4 is 40.2 Å². The van der Waals surface area contributed by atoms with Crippen LogP contribution in [0.1, 0.15) is 34.5 Å². The molecule has 0 aliphatic heterocycles. The Kier molecular flexibility index (Phi) is 6.80. The number of hydrogen-bond acceptors (Lipinski definition) is 5. The largest absolute Gasteiger partial charge is 0.364 e. The second-order valence-electron chi connectivity index (χ2n) is 8.17. The molecule has 3 amide bonds. The molecule has 0 atom stereocenters. The lowest BCUT2D eigenvalue weighted by atomic mass is 10.1. The van der Waals surface area contributed by atoms with Gasteiger partial charge in [-0.3, -0.25) is 19.1 Å². The number of hydrogen-bond donors (Lipinski definition) is 3. The molecule has 34 heavy (non-hydrogen) atoms. The number of carbonyl (C=O) groups excluding carboxylic acids is 3. The predicted molar refractivity (Wildman–Crippen MR) is 124 cm³/mol. The molecule has 0 bridgehead atoms. The van der Waals surface area contributed by atoms with Crippen LogP contribution in [0.2, 0.25) is 5.02 Å². The zero-order valence-electron chi connectivity index (χ0n) is 18.3. The van der Waals surface area contributed by atoms with E-state index in [0.29, 0.717) is 10.9 Å². The molecule has 1 heterocycles. The SMILES string of the molecule is NCc1ccc2c(C(N)=O)nn(CC(=O)N(CC(=O)NCc3cccc(Cl)c3F)C3CC3)c2c1. The molecule has 1 saturated carbocycles. The summed E-state index contributed by atoms with van der Waals surface area (Å²) in [7, 11) is 0. The van der Waals surface area contributed by atoms with Crippen LogP contribution in [-0.4, -0.2) is 45.0 Å². The van der Waals surface area contributed by atoms with Gasteiger partial charge in [0.15, 0.2) is 5.69 Å². The number of amides is 3. The van der Waals surface area contributed by atoms with Crippen molar-refractivity contribution in [1.82, 2.24) is 20.0 Å². The van der Waals surface area contributed by atoms with Crippen molar-refractivity contribution in [2.75, 3.05) is 6.54 Å². The summed E-state index contributed by atoms with van der Waals surface area (Å²) in [6.07, 6.45) is 1.57. The highest BCUT2D eigenvalue weighted by Gasteiger charge is 2.34. The summed E-state index contributed by atoms with van der Waals surface area (Å²) in [5, 5.41) is 7.37. The molecule has 0 unspecified atom stereocenters. The first kappa shape index (κ1) is 23.7. The predicted octanol–water partition coefficient (Wildman–Crippen LogP) is 1.69. The van der Waals surface area contributed by atoms with Gasteiger partial charge in [0, 0.05) is 30.1 Å². The minimum absolute atomic E-state index is 0.0268. The zero-order valence-corrected chi connectivity index (χ0v) is 19.0. The third-order valence-electron chi connectivity index (χ3n) is 5.70. The fourth-order valence-electron chi connectivity index (χ4n) is 3.76. The van der Waals surface area contributed by atoms with E-state index in [-0.39, 0.29) is 54.4 Å². The molecule has 1 fully saturated rings. The molecule has 1 aromatic heterocycles. The third-order valence-corrected chi connectivity index (χ3v) is 5.99. The van der Waals surface area contributed by atoms with Gasteiger partial charge < -0.3 is 21.7 Å². The molecular weight excluding hydrogens is 463 g/mol. The average molecular weight is 487 g/mol. The maximum atomic E-state index is 14.1. The van der Waals surface area contributed by atoms with E-state index in [4.69, 9.17) is 23.1 Å². The summed E-state index contributed by atoms with van der Waals surface area (Å²) < 4.78 is 15.5. The Labute approximate surface area is 199 Å². The van der Waals surface area contributed by atoms with Crippen LogP contribution in [-0.2, 0) is 29.2 Å². The lowest BCUT2D eigenvalue weighted by molar-refractivity contribution is -0.137. The number of aromatic nitrogens is 2. The van der Waals surface area contributed by atoms with Crippen LogP contribution < -0.4 is 16.8 Å². The maximum Gasteiger partial charge on any atom is 0.269 e. The van der Waals surface area contributed by atoms with Crippen LogP contribution in [0.4, 0.5) is 4.39 Å². The lowest BCUT2D eigenvalue weighted by Crippen LogP contribution is -2.43. The van der Waals surface area contributed by atoms with E-state index in [2.05, 4.69) is 10.4 Å². The van der Waals surface area contributed by atoms with E-state index >= 15 is 0 Å². The highest BCUT2D eigenvalue weighted by atomic mass is 35.5. The minimum Gasteiger partial charge on any atom is -0.364 e. The van der Waals surface area contributed by atoms with Crippen molar-refractivity contribution in [1.29, 1.82) is 0 Å². The zero-order chi connectivity index (χ0) is 24.4. The Morgan fingerprint density at radius 1 is 1.24 bits per heavy atom. The van der Waals surface area contributed by atoms with Gasteiger partial charge in [-0.05, 0) is 30.5 Å². The Bertz CT molecular complexity index is 1270. The molecule has 178 valence electrons. The molecule has 0 radical (unpaired) electrons. The summed E-state index contributed by atoms with van der Waals surface area (Å²) >= 11 is 5.78. The molecule has 9 nitrogen and oxygen atoms in total. The molecule has 1 aliphatic rings. The summed E-state index contributed by atoms with van der Waals surface area (Å²) in [5.74, 6) is -2.05. The molecule has 4 rings (SSSR count). The van der Waals surface area contributed by atoms with E-state index in [1.165, 1.54) is 21.7 Å². The topological polar surface area (TPSA) is 136 Å². The molecule has 11 heteroatoms. The van der Waals surface area contributed by atoms with Gasteiger partial charge in [-0.2, -0.15) is 5.10 Å². The lowest BCUT2D eigenvalue weighted by Gasteiger charge is -2.22. The van der Waals surface area contributed by atoms with Crippen molar-refractivity contribution in [3.8, 4) is 0 Å². The maximum absolute atomic E-state index is 14.1. The number of nitrogens with one attached hydrogen (secondary N) is 1. The van der Waals surface area contributed by atoms with E-state index in [9.17, 15) is 18.8 Å². The highest BCUT2D eigenvalue weighted by molar-refractivity contribution is 6.30. The van der Waals surface area contributed by atoms with Crippen molar-refractivity contribution in [3.05, 3.63) is 64.1 Å². The second kappa shape index (κ2) is 9.78. The van der Waals surface area contributed by atoms with Gasteiger partial charge in [-0.1, -0.05) is 35.9 Å². The second-order valence-corrected chi connectivity index (χ2v) is 8.58. The van der Waals surface area contributed by atoms with Crippen LogP contribution in [0.5, 0.6) is 0 Å². The van der Waals surface area contributed by atoms with Crippen LogP contribution >= 0.6 is 11.6 Å².